The summed E-state index contributed by atoms with van der Waals surface area (Å²) in [5, 5.41) is 7.93. The number of nitrogens with one attached hydrogen (secondary N) is 3. The van der Waals surface area contributed by atoms with Crippen molar-refractivity contribution in [2.75, 3.05) is 13.2 Å². The van der Waals surface area contributed by atoms with E-state index < -0.39 is 6.03 Å². The maximum atomic E-state index is 12.8. The lowest BCUT2D eigenvalue weighted by Crippen LogP contribution is -2.42. The summed E-state index contributed by atoms with van der Waals surface area (Å²) in [6.45, 7) is 4.43. The Hall–Kier alpha value is -3.09. The van der Waals surface area contributed by atoms with Crippen LogP contribution in [0.3, 0.4) is 0 Å². The number of ether oxygens (including phenoxy) is 1. The first-order valence-corrected chi connectivity index (χ1v) is 8.76. The zero-order chi connectivity index (χ0) is 19.6. The van der Waals surface area contributed by atoms with Crippen molar-refractivity contribution < 1.29 is 18.7 Å². The Bertz CT molecular complexity index is 765. The van der Waals surface area contributed by atoms with E-state index in [4.69, 9.17) is 4.74 Å². The van der Waals surface area contributed by atoms with E-state index >= 15 is 0 Å². The van der Waals surface area contributed by atoms with E-state index in [1.807, 2.05) is 38.1 Å². The van der Waals surface area contributed by atoms with Gasteiger partial charge in [0.15, 0.2) is 0 Å². The highest BCUT2D eigenvalue weighted by molar-refractivity contribution is 5.84. The van der Waals surface area contributed by atoms with Gasteiger partial charge < -0.3 is 20.7 Å². The Morgan fingerprint density at radius 2 is 1.85 bits per heavy atom. The summed E-state index contributed by atoms with van der Waals surface area (Å²) in [7, 11) is 0. The van der Waals surface area contributed by atoms with E-state index in [2.05, 4.69) is 16.0 Å². The monoisotopic (exact) mass is 373 g/mol. The molecule has 0 aliphatic carbocycles. The first-order chi connectivity index (χ1) is 13.0. The van der Waals surface area contributed by atoms with Crippen molar-refractivity contribution in [3.05, 3.63) is 65.5 Å². The predicted octanol–water partition coefficient (Wildman–Crippen LogP) is 2.90. The van der Waals surface area contributed by atoms with Gasteiger partial charge in [0, 0.05) is 6.54 Å². The summed E-state index contributed by atoms with van der Waals surface area (Å²) in [4.78, 5) is 23.8. The Balaban J connectivity index is 1.73. The fourth-order valence-corrected chi connectivity index (χ4v) is 2.42. The molecule has 0 saturated heterocycles. The number of rotatable bonds is 8. The molecule has 27 heavy (non-hydrogen) atoms. The second kappa shape index (κ2) is 10.2. The topological polar surface area (TPSA) is 79.5 Å². The van der Waals surface area contributed by atoms with Crippen LogP contribution >= 0.6 is 0 Å². The zero-order valence-electron chi connectivity index (χ0n) is 15.4. The first-order valence-electron chi connectivity index (χ1n) is 8.76. The molecule has 7 heteroatoms. The molecule has 2 rings (SSSR count). The van der Waals surface area contributed by atoms with Crippen molar-refractivity contribution in [2.24, 2.45) is 0 Å². The quantitative estimate of drug-likeness (QED) is 0.666. The van der Waals surface area contributed by atoms with Crippen LogP contribution in [0.2, 0.25) is 0 Å². The molecule has 0 aliphatic rings. The first kappa shape index (κ1) is 20.2. The maximum absolute atomic E-state index is 12.8. The third-order valence-electron chi connectivity index (χ3n) is 3.82. The van der Waals surface area contributed by atoms with E-state index in [9.17, 15) is 14.0 Å². The Labute approximate surface area is 158 Å². The molecule has 2 aromatic rings. The summed E-state index contributed by atoms with van der Waals surface area (Å²) >= 11 is 0. The number of amides is 3. The molecule has 2 aromatic carbocycles. The summed E-state index contributed by atoms with van der Waals surface area (Å²) < 4.78 is 18.3. The molecular weight excluding hydrogens is 349 g/mol. The second-order valence-electron chi connectivity index (χ2n) is 5.96. The summed E-state index contributed by atoms with van der Waals surface area (Å²) in [6, 6.07) is 12.6. The minimum Gasteiger partial charge on any atom is -0.494 e. The van der Waals surface area contributed by atoms with E-state index in [-0.39, 0.29) is 30.9 Å². The van der Waals surface area contributed by atoms with Crippen LogP contribution in [-0.4, -0.2) is 25.1 Å². The molecule has 0 bridgehead atoms. The smallest absolute Gasteiger partial charge is 0.315 e. The number of halogens is 1. The molecule has 0 radical (unpaired) electrons. The van der Waals surface area contributed by atoms with Crippen LogP contribution in [0.4, 0.5) is 9.18 Å². The van der Waals surface area contributed by atoms with Crippen LogP contribution in [0, 0.1) is 5.82 Å². The molecule has 0 aliphatic heterocycles. The fraction of sp³-hybridized carbons (Fsp3) is 0.300. The van der Waals surface area contributed by atoms with Crippen molar-refractivity contribution in [3.8, 4) is 5.75 Å². The second-order valence-corrected chi connectivity index (χ2v) is 5.96. The van der Waals surface area contributed by atoms with Gasteiger partial charge in [0.2, 0.25) is 5.91 Å². The summed E-state index contributed by atoms with van der Waals surface area (Å²) in [6.07, 6.45) is 0. The lowest BCUT2D eigenvalue weighted by atomic mass is 10.1. The van der Waals surface area contributed by atoms with Crippen molar-refractivity contribution in [1.82, 2.24) is 16.0 Å². The van der Waals surface area contributed by atoms with Gasteiger partial charge in [0.25, 0.3) is 0 Å². The fourth-order valence-electron chi connectivity index (χ4n) is 2.42. The van der Waals surface area contributed by atoms with Crippen molar-refractivity contribution >= 4 is 11.9 Å². The Kier molecular flexibility index (Phi) is 7.61. The number of hydrogen-bond donors (Lipinski definition) is 3. The Morgan fingerprint density at radius 1 is 1.11 bits per heavy atom. The molecular formula is C20H24FN3O3. The molecule has 3 N–H and O–H groups in total. The lowest BCUT2D eigenvalue weighted by molar-refractivity contribution is -0.120. The number of urea groups is 1. The van der Waals surface area contributed by atoms with Crippen LogP contribution in [0.1, 0.15) is 31.0 Å². The summed E-state index contributed by atoms with van der Waals surface area (Å²) in [5.41, 5.74) is 1.67. The SMILES string of the molecule is CCOc1cccc(C(C)NC(=O)CNC(=O)NCc2ccc(F)cc2)c1. The molecule has 1 atom stereocenters. The lowest BCUT2D eigenvalue weighted by Gasteiger charge is -2.16. The molecule has 1 unspecified atom stereocenters. The highest BCUT2D eigenvalue weighted by Gasteiger charge is 2.11. The van der Waals surface area contributed by atoms with Gasteiger partial charge in [-0.25, -0.2) is 9.18 Å². The highest BCUT2D eigenvalue weighted by Crippen LogP contribution is 2.18. The molecule has 0 saturated carbocycles. The minimum absolute atomic E-state index is 0.148. The number of benzene rings is 2. The third-order valence-corrected chi connectivity index (χ3v) is 3.82. The van der Waals surface area contributed by atoms with Gasteiger partial charge in [-0.2, -0.15) is 0 Å². The van der Waals surface area contributed by atoms with Gasteiger partial charge in [-0.15, -0.1) is 0 Å². The van der Waals surface area contributed by atoms with Gasteiger partial charge in [-0.05, 0) is 49.2 Å². The molecule has 144 valence electrons. The third kappa shape index (κ3) is 6.97. The zero-order valence-corrected chi connectivity index (χ0v) is 15.4. The van der Waals surface area contributed by atoms with Crippen molar-refractivity contribution in [2.45, 2.75) is 26.4 Å². The normalized spacial score (nSPS) is 11.4. The van der Waals surface area contributed by atoms with Gasteiger partial charge in [-0.1, -0.05) is 24.3 Å². The standard InChI is InChI=1S/C20H24FN3O3/c1-3-27-18-6-4-5-16(11-18)14(2)24-19(25)13-23-20(26)22-12-15-7-9-17(21)10-8-15/h4-11,14H,3,12-13H2,1-2H3,(H,24,25)(H2,22,23,26). The van der Waals surface area contributed by atoms with E-state index in [0.717, 1.165) is 16.9 Å². The highest BCUT2D eigenvalue weighted by atomic mass is 19.1. The molecule has 0 heterocycles. The maximum Gasteiger partial charge on any atom is 0.315 e. The largest absolute Gasteiger partial charge is 0.494 e. The van der Waals surface area contributed by atoms with Gasteiger partial charge >= 0.3 is 6.03 Å². The van der Waals surface area contributed by atoms with Gasteiger partial charge in [-0.3, -0.25) is 4.79 Å². The van der Waals surface area contributed by atoms with Crippen LogP contribution < -0.4 is 20.7 Å². The number of hydrogen-bond acceptors (Lipinski definition) is 3. The van der Waals surface area contributed by atoms with E-state index in [0.29, 0.717) is 6.61 Å². The molecule has 3 amide bonds. The molecule has 0 fully saturated rings. The molecule has 0 aromatic heterocycles. The van der Waals surface area contributed by atoms with E-state index in [1.54, 1.807) is 12.1 Å². The van der Waals surface area contributed by atoms with E-state index in [1.165, 1.54) is 12.1 Å². The average Bonchev–Trinajstić information content (AvgIpc) is 2.66. The van der Waals surface area contributed by atoms with Gasteiger partial charge in [0.1, 0.15) is 11.6 Å². The minimum atomic E-state index is -0.472. The van der Waals surface area contributed by atoms with Crippen LogP contribution in [-0.2, 0) is 11.3 Å². The van der Waals surface area contributed by atoms with Crippen molar-refractivity contribution in [1.29, 1.82) is 0 Å². The number of carbonyl (C=O) groups is 2. The van der Waals surface area contributed by atoms with Crippen molar-refractivity contribution in [3.63, 3.8) is 0 Å². The average molecular weight is 373 g/mol. The van der Waals surface area contributed by atoms with Crippen LogP contribution in [0.15, 0.2) is 48.5 Å². The Morgan fingerprint density at radius 3 is 2.56 bits per heavy atom. The molecule has 6 nitrogen and oxygen atoms in total. The van der Waals surface area contributed by atoms with Crippen LogP contribution in [0.25, 0.3) is 0 Å². The van der Waals surface area contributed by atoms with Gasteiger partial charge in [0.05, 0.1) is 19.2 Å². The summed E-state index contributed by atoms with van der Waals surface area (Å²) in [5.74, 6) is 0.108. The predicted molar refractivity (Wildman–Crippen MR) is 101 cm³/mol. The molecule has 0 spiro atoms. The van der Waals surface area contributed by atoms with Crippen LogP contribution in [0.5, 0.6) is 5.75 Å². The number of carbonyl (C=O) groups excluding carboxylic acids is 2.